The van der Waals surface area contributed by atoms with Crippen LogP contribution in [0.5, 0.6) is 0 Å². The van der Waals surface area contributed by atoms with E-state index in [2.05, 4.69) is 20.3 Å². The van der Waals surface area contributed by atoms with Gasteiger partial charge in [-0.05, 0) is 37.3 Å². The average Bonchev–Trinajstić information content (AvgIpc) is 2.54. The Balaban J connectivity index is 2.20. The van der Waals surface area contributed by atoms with Gasteiger partial charge in [-0.1, -0.05) is 6.07 Å². The third-order valence-electron chi connectivity index (χ3n) is 3.31. The van der Waals surface area contributed by atoms with Gasteiger partial charge in [0.05, 0.1) is 17.4 Å². The fraction of sp³-hybridized carbons (Fsp3) is 0.125. The van der Waals surface area contributed by atoms with Crippen LogP contribution < -0.4 is 5.32 Å². The summed E-state index contributed by atoms with van der Waals surface area (Å²) in [7, 11) is 0. The van der Waals surface area contributed by atoms with E-state index in [1.54, 1.807) is 19.3 Å². The molecule has 0 aliphatic rings. The van der Waals surface area contributed by atoms with Crippen molar-refractivity contribution in [2.75, 3.05) is 0 Å². The smallest absolute Gasteiger partial charge is 0.405 e. The van der Waals surface area contributed by atoms with Gasteiger partial charge in [0.15, 0.2) is 5.65 Å². The summed E-state index contributed by atoms with van der Waals surface area (Å²) in [6.45, 7) is 1.75. The van der Waals surface area contributed by atoms with Crippen LogP contribution in [-0.4, -0.2) is 26.2 Å². The van der Waals surface area contributed by atoms with E-state index in [0.717, 1.165) is 16.6 Å². The predicted octanol–water partition coefficient (Wildman–Crippen LogP) is 3.02. The maximum atomic E-state index is 10.9. The SMILES string of the molecule is CC(NC(=O)O)c1nc2ncccc2cc1-c1ccccn1. The number of pyridine rings is 3. The number of fused-ring (bicyclic) bond motifs is 1. The molecule has 0 saturated carbocycles. The molecule has 0 radical (unpaired) electrons. The minimum absolute atomic E-state index is 0.471. The summed E-state index contributed by atoms with van der Waals surface area (Å²) in [5, 5.41) is 12.3. The molecule has 2 N–H and O–H groups in total. The van der Waals surface area contributed by atoms with E-state index >= 15 is 0 Å². The highest BCUT2D eigenvalue weighted by Crippen LogP contribution is 2.28. The van der Waals surface area contributed by atoms with Crippen molar-refractivity contribution < 1.29 is 9.90 Å². The van der Waals surface area contributed by atoms with Gasteiger partial charge in [0.2, 0.25) is 0 Å². The Morgan fingerprint density at radius 1 is 1.18 bits per heavy atom. The zero-order chi connectivity index (χ0) is 15.5. The fourth-order valence-corrected chi connectivity index (χ4v) is 2.33. The van der Waals surface area contributed by atoms with Crippen molar-refractivity contribution in [1.29, 1.82) is 0 Å². The monoisotopic (exact) mass is 294 g/mol. The normalized spacial score (nSPS) is 12.0. The van der Waals surface area contributed by atoms with Crippen molar-refractivity contribution in [3.05, 3.63) is 54.5 Å². The molecule has 0 saturated heterocycles. The minimum atomic E-state index is -1.10. The maximum Gasteiger partial charge on any atom is 0.405 e. The predicted molar refractivity (Wildman–Crippen MR) is 82.3 cm³/mol. The number of hydrogen-bond donors (Lipinski definition) is 2. The molecule has 0 aromatic carbocycles. The van der Waals surface area contributed by atoms with Crippen molar-refractivity contribution in [2.24, 2.45) is 0 Å². The van der Waals surface area contributed by atoms with Gasteiger partial charge < -0.3 is 10.4 Å². The third kappa shape index (κ3) is 2.71. The van der Waals surface area contributed by atoms with E-state index in [0.29, 0.717) is 11.3 Å². The molecular weight excluding hydrogens is 280 g/mol. The highest BCUT2D eigenvalue weighted by atomic mass is 16.4. The zero-order valence-electron chi connectivity index (χ0n) is 11.9. The topological polar surface area (TPSA) is 88.0 Å². The van der Waals surface area contributed by atoms with Crippen LogP contribution >= 0.6 is 0 Å². The van der Waals surface area contributed by atoms with Crippen LogP contribution in [-0.2, 0) is 0 Å². The highest BCUT2D eigenvalue weighted by molar-refractivity contribution is 5.82. The molecule has 0 spiro atoms. The van der Waals surface area contributed by atoms with E-state index in [1.165, 1.54) is 0 Å². The summed E-state index contributed by atoms with van der Waals surface area (Å²) < 4.78 is 0. The number of rotatable bonds is 3. The average molecular weight is 294 g/mol. The molecule has 0 aliphatic heterocycles. The Morgan fingerprint density at radius 3 is 2.73 bits per heavy atom. The molecule has 6 heteroatoms. The molecule has 1 amide bonds. The molecule has 3 aromatic rings. The van der Waals surface area contributed by atoms with Crippen LogP contribution in [0.15, 0.2) is 48.8 Å². The van der Waals surface area contributed by atoms with Gasteiger partial charge in [0.25, 0.3) is 0 Å². The first-order chi connectivity index (χ1) is 10.6. The number of hydrogen-bond acceptors (Lipinski definition) is 4. The molecule has 0 fully saturated rings. The molecule has 1 atom stereocenters. The molecule has 0 aliphatic carbocycles. The van der Waals surface area contributed by atoms with E-state index in [-0.39, 0.29) is 0 Å². The van der Waals surface area contributed by atoms with Crippen molar-refractivity contribution in [1.82, 2.24) is 20.3 Å². The van der Waals surface area contributed by atoms with E-state index in [1.807, 2.05) is 36.4 Å². The van der Waals surface area contributed by atoms with Crippen molar-refractivity contribution >= 4 is 17.1 Å². The third-order valence-corrected chi connectivity index (χ3v) is 3.31. The van der Waals surface area contributed by atoms with Gasteiger partial charge >= 0.3 is 6.09 Å². The highest BCUT2D eigenvalue weighted by Gasteiger charge is 2.17. The van der Waals surface area contributed by atoms with Crippen LogP contribution in [0.3, 0.4) is 0 Å². The van der Waals surface area contributed by atoms with Gasteiger partial charge in [-0.25, -0.2) is 14.8 Å². The summed E-state index contributed by atoms with van der Waals surface area (Å²) >= 11 is 0. The number of nitrogens with zero attached hydrogens (tertiary/aromatic N) is 3. The summed E-state index contributed by atoms with van der Waals surface area (Å²) in [5.41, 5.74) is 2.72. The largest absolute Gasteiger partial charge is 0.465 e. The Labute approximate surface area is 126 Å². The molecule has 110 valence electrons. The Morgan fingerprint density at radius 2 is 2.00 bits per heavy atom. The van der Waals surface area contributed by atoms with Gasteiger partial charge in [0, 0.05) is 23.3 Å². The Bertz CT molecular complexity index is 821. The molecule has 0 bridgehead atoms. The lowest BCUT2D eigenvalue weighted by atomic mass is 10.0. The molecule has 6 nitrogen and oxygen atoms in total. The van der Waals surface area contributed by atoms with Crippen LogP contribution in [0.25, 0.3) is 22.3 Å². The molecular formula is C16H14N4O2. The lowest BCUT2D eigenvalue weighted by Gasteiger charge is -2.16. The van der Waals surface area contributed by atoms with Crippen LogP contribution in [0, 0.1) is 0 Å². The first-order valence-corrected chi connectivity index (χ1v) is 6.81. The van der Waals surface area contributed by atoms with Crippen molar-refractivity contribution in [3.8, 4) is 11.3 Å². The molecule has 3 heterocycles. The minimum Gasteiger partial charge on any atom is -0.465 e. The first kappa shape index (κ1) is 13.9. The lowest BCUT2D eigenvalue weighted by Crippen LogP contribution is -2.25. The number of nitrogens with one attached hydrogen (secondary N) is 1. The number of amides is 1. The lowest BCUT2D eigenvalue weighted by molar-refractivity contribution is 0.190. The van der Waals surface area contributed by atoms with Crippen LogP contribution in [0.4, 0.5) is 4.79 Å². The van der Waals surface area contributed by atoms with Gasteiger partial charge in [0.1, 0.15) is 0 Å². The summed E-state index contributed by atoms with van der Waals surface area (Å²) in [5.74, 6) is 0. The van der Waals surface area contributed by atoms with Gasteiger partial charge in [-0.3, -0.25) is 4.98 Å². The standard InChI is InChI=1S/C16H14N4O2/c1-10(19-16(21)22)14-12(13-6-2-3-7-17-13)9-11-5-4-8-18-15(11)20-14/h2-10,19H,1H3,(H,21,22). The van der Waals surface area contributed by atoms with E-state index in [4.69, 9.17) is 5.11 Å². The van der Waals surface area contributed by atoms with Gasteiger partial charge in [-0.15, -0.1) is 0 Å². The van der Waals surface area contributed by atoms with Crippen LogP contribution in [0.2, 0.25) is 0 Å². The second-order valence-electron chi connectivity index (χ2n) is 4.86. The molecule has 3 aromatic heterocycles. The second kappa shape index (κ2) is 5.77. The summed E-state index contributed by atoms with van der Waals surface area (Å²) in [6, 6.07) is 10.8. The van der Waals surface area contributed by atoms with E-state index in [9.17, 15) is 4.79 Å². The van der Waals surface area contributed by atoms with Gasteiger partial charge in [-0.2, -0.15) is 0 Å². The Hall–Kier alpha value is -3.02. The number of carbonyl (C=O) groups is 1. The second-order valence-corrected chi connectivity index (χ2v) is 4.86. The maximum absolute atomic E-state index is 10.9. The first-order valence-electron chi connectivity index (χ1n) is 6.81. The van der Waals surface area contributed by atoms with Crippen LogP contribution in [0.1, 0.15) is 18.7 Å². The van der Waals surface area contributed by atoms with Crippen molar-refractivity contribution in [3.63, 3.8) is 0 Å². The quantitative estimate of drug-likeness (QED) is 0.775. The number of aromatic nitrogens is 3. The number of carboxylic acid groups (broad SMARTS) is 1. The summed E-state index contributed by atoms with van der Waals surface area (Å²) in [4.78, 5) is 24.0. The summed E-state index contributed by atoms with van der Waals surface area (Å²) in [6.07, 6.45) is 2.26. The molecule has 1 unspecified atom stereocenters. The molecule has 3 rings (SSSR count). The fourth-order valence-electron chi connectivity index (χ4n) is 2.33. The van der Waals surface area contributed by atoms with Crippen molar-refractivity contribution in [2.45, 2.75) is 13.0 Å². The Kier molecular flexibility index (Phi) is 3.65. The zero-order valence-corrected chi connectivity index (χ0v) is 11.9. The van der Waals surface area contributed by atoms with E-state index < -0.39 is 12.1 Å². The molecule has 22 heavy (non-hydrogen) atoms.